The fourth-order valence-corrected chi connectivity index (χ4v) is 3.22. The highest BCUT2D eigenvalue weighted by Crippen LogP contribution is 2.40. The standard InChI is InChI=1S/C17H22N2O3/c1-17(2)10-12(11-6-3-4-8-14(11)22-17)15(20)19-13-7-5-9-18-16(13)21/h3-4,6,8,12-13H,5,7,9-10H2,1-2H3,(H,18,21)(H,19,20)/t12?,13-/m0/s1. The van der Waals surface area contributed by atoms with Crippen molar-refractivity contribution in [1.29, 1.82) is 0 Å². The summed E-state index contributed by atoms with van der Waals surface area (Å²) in [7, 11) is 0. The molecule has 1 saturated heterocycles. The number of hydrogen-bond donors (Lipinski definition) is 2. The van der Waals surface area contributed by atoms with Crippen LogP contribution in [0.5, 0.6) is 5.75 Å². The lowest BCUT2D eigenvalue weighted by Gasteiger charge is -2.37. The summed E-state index contributed by atoms with van der Waals surface area (Å²) in [5, 5.41) is 5.71. The van der Waals surface area contributed by atoms with E-state index in [9.17, 15) is 9.59 Å². The lowest BCUT2D eigenvalue weighted by molar-refractivity contribution is -0.131. The summed E-state index contributed by atoms with van der Waals surface area (Å²) in [5.41, 5.74) is 0.501. The second kappa shape index (κ2) is 5.63. The first-order chi connectivity index (χ1) is 10.5. The van der Waals surface area contributed by atoms with Gasteiger partial charge >= 0.3 is 0 Å². The minimum absolute atomic E-state index is 0.0841. The van der Waals surface area contributed by atoms with Crippen molar-refractivity contribution >= 4 is 11.8 Å². The minimum Gasteiger partial charge on any atom is -0.488 e. The number of amides is 2. The van der Waals surface area contributed by atoms with Crippen LogP contribution in [0.15, 0.2) is 24.3 Å². The van der Waals surface area contributed by atoms with Gasteiger partial charge in [0.05, 0.1) is 5.92 Å². The van der Waals surface area contributed by atoms with Gasteiger partial charge in [-0.3, -0.25) is 9.59 Å². The quantitative estimate of drug-likeness (QED) is 0.874. The number of carbonyl (C=O) groups excluding carboxylic acids is 2. The highest BCUT2D eigenvalue weighted by atomic mass is 16.5. The van der Waals surface area contributed by atoms with Crippen molar-refractivity contribution in [3.8, 4) is 5.75 Å². The molecule has 3 rings (SSSR count). The molecule has 1 fully saturated rings. The molecule has 0 radical (unpaired) electrons. The maximum Gasteiger partial charge on any atom is 0.242 e. The molecule has 1 aromatic rings. The molecule has 0 aliphatic carbocycles. The first kappa shape index (κ1) is 14.9. The van der Waals surface area contributed by atoms with Crippen LogP contribution in [0, 0.1) is 0 Å². The Labute approximate surface area is 130 Å². The summed E-state index contributed by atoms with van der Waals surface area (Å²) in [6, 6.07) is 7.22. The van der Waals surface area contributed by atoms with Gasteiger partial charge in [0.15, 0.2) is 0 Å². The molecule has 2 atom stereocenters. The predicted octanol–water partition coefficient (Wildman–Crippen LogP) is 1.73. The molecule has 118 valence electrons. The van der Waals surface area contributed by atoms with E-state index >= 15 is 0 Å². The first-order valence-electron chi connectivity index (χ1n) is 7.82. The summed E-state index contributed by atoms with van der Waals surface area (Å²) in [5.74, 6) is 0.298. The minimum atomic E-state index is -0.417. The molecule has 1 aromatic carbocycles. The Kier molecular flexibility index (Phi) is 3.81. The Morgan fingerprint density at radius 2 is 2.14 bits per heavy atom. The van der Waals surface area contributed by atoms with Crippen molar-refractivity contribution in [3.05, 3.63) is 29.8 Å². The number of hydrogen-bond acceptors (Lipinski definition) is 3. The number of ether oxygens (including phenoxy) is 1. The van der Waals surface area contributed by atoms with Crippen molar-refractivity contribution < 1.29 is 14.3 Å². The van der Waals surface area contributed by atoms with Gasteiger partial charge in [-0.05, 0) is 32.8 Å². The molecule has 2 heterocycles. The molecule has 0 bridgehead atoms. The van der Waals surface area contributed by atoms with E-state index in [1.165, 1.54) is 0 Å². The molecular weight excluding hydrogens is 280 g/mol. The van der Waals surface area contributed by atoms with E-state index in [1.807, 2.05) is 38.1 Å². The molecule has 1 unspecified atom stereocenters. The van der Waals surface area contributed by atoms with Crippen LogP contribution in [0.3, 0.4) is 0 Å². The van der Waals surface area contributed by atoms with Gasteiger partial charge in [0, 0.05) is 18.5 Å². The Morgan fingerprint density at radius 3 is 2.91 bits per heavy atom. The van der Waals surface area contributed by atoms with Crippen molar-refractivity contribution in [2.24, 2.45) is 0 Å². The number of nitrogens with one attached hydrogen (secondary N) is 2. The molecule has 2 aliphatic heterocycles. The fourth-order valence-electron chi connectivity index (χ4n) is 3.22. The number of carbonyl (C=O) groups is 2. The van der Waals surface area contributed by atoms with Crippen LogP contribution in [-0.2, 0) is 9.59 Å². The van der Waals surface area contributed by atoms with Crippen molar-refractivity contribution in [1.82, 2.24) is 10.6 Å². The van der Waals surface area contributed by atoms with Gasteiger partial charge < -0.3 is 15.4 Å². The van der Waals surface area contributed by atoms with Crippen LogP contribution in [0.2, 0.25) is 0 Å². The molecule has 2 aliphatic rings. The molecule has 0 aromatic heterocycles. The van der Waals surface area contributed by atoms with Crippen LogP contribution in [0.25, 0.3) is 0 Å². The second-order valence-electron chi connectivity index (χ2n) is 6.65. The molecule has 5 heteroatoms. The SMILES string of the molecule is CC1(C)CC(C(=O)N[C@H]2CCCNC2=O)c2ccccc2O1. The normalized spacial score (nSPS) is 26.4. The van der Waals surface area contributed by atoms with Crippen molar-refractivity contribution in [2.75, 3.05) is 6.54 Å². The maximum absolute atomic E-state index is 12.7. The molecule has 2 amide bonds. The Hall–Kier alpha value is -2.04. The van der Waals surface area contributed by atoms with Crippen molar-refractivity contribution in [2.45, 2.75) is 50.7 Å². The third-order valence-corrected chi connectivity index (χ3v) is 4.29. The average molecular weight is 302 g/mol. The summed E-state index contributed by atoms with van der Waals surface area (Å²) in [4.78, 5) is 24.6. The molecule has 5 nitrogen and oxygen atoms in total. The van der Waals surface area contributed by atoms with Gasteiger partial charge in [0.1, 0.15) is 17.4 Å². The van der Waals surface area contributed by atoms with Crippen LogP contribution in [0.1, 0.15) is 44.6 Å². The number of benzene rings is 1. The first-order valence-corrected chi connectivity index (χ1v) is 7.82. The topological polar surface area (TPSA) is 67.4 Å². The van der Waals surface area contributed by atoms with E-state index in [2.05, 4.69) is 10.6 Å². The largest absolute Gasteiger partial charge is 0.488 e. The molecule has 0 saturated carbocycles. The number of piperidine rings is 1. The Balaban J connectivity index is 1.81. The van der Waals surface area contributed by atoms with Gasteiger partial charge in [-0.25, -0.2) is 0 Å². The summed E-state index contributed by atoms with van der Waals surface area (Å²) in [6.45, 7) is 4.66. The summed E-state index contributed by atoms with van der Waals surface area (Å²) < 4.78 is 5.95. The highest BCUT2D eigenvalue weighted by molar-refractivity contribution is 5.91. The van der Waals surface area contributed by atoms with Gasteiger partial charge in [-0.15, -0.1) is 0 Å². The number of para-hydroxylation sites is 1. The van der Waals surface area contributed by atoms with Gasteiger partial charge in [0.2, 0.25) is 11.8 Å². The predicted molar refractivity (Wildman–Crippen MR) is 82.7 cm³/mol. The number of rotatable bonds is 2. The molecule has 22 heavy (non-hydrogen) atoms. The van der Waals surface area contributed by atoms with Crippen molar-refractivity contribution in [3.63, 3.8) is 0 Å². The lowest BCUT2D eigenvalue weighted by Crippen LogP contribution is -2.52. The summed E-state index contributed by atoms with van der Waals surface area (Å²) >= 11 is 0. The van der Waals surface area contributed by atoms with Gasteiger partial charge in [-0.2, -0.15) is 0 Å². The van der Waals surface area contributed by atoms with E-state index in [1.54, 1.807) is 0 Å². The monoisotopic (exact) mass is 302 g/mol. The van der Waals surface area contributed by atoms with E-state index in [4.69, 9.17) is 4.74 Å². The zero-order chi connectivity index (χ0) is 15.7. The summed E-state index contributed by atoms with van der Waals surface area (Å²) in [6.07, 6.45) is 2.20. The third kappa shape index (κ3) is 2.93. The van der Waals surface area contributed by atoms with Crippen LogP contribution >= 0.6 is 0 Å². The van der Waals surface area contributed by atoms with E-state index < -0.39 is 11.6 Å². The smallest absolute Gasteiger partial charge is 0.242 e. The van der Waals surface area contributed by atoms with Gasteiger partial charge in [0.25, 0.3) is 0 Å². The number of fused-ring (bicyclic) bond motifs is 1. The maximum atomic E-state index is 12.7. The van der Waals surface area contributed by atoms with E-state index in [0.29, 0.717) is 19.4 Å². The Morgan fingerprint density at radius 1 is 1.36 bits per heavy atom. The van der Waals surface area contributed by atoms with E-state index in [0.717, 1.165) is 17.7 Å². The molecule has 2 N–H and O–H groups in total. The van der Waals surface area contributed by atoms with Crippen LogP contribution in [0.4, 0.5) is 0 Å². The molecular formula is C17H22N2O3. The van der Waals surface area contributed by atoms with Crippen LogP contribution < -0.4 is 15.4 Å². The lowest BCUT2D eigenvalue weighted by atomic mass is 9.83. The Bertz CT molecular complexity index is 597. The third-order valence-electron chi connectivity index (χ3n) is 4.29. The second-order valence-corrected chi connectivity index (χ2v) is 6.65. The average Bonchev–Trinajstić information content (AvgIpc) is 2.47. The van der Waals surface area contributed by atoms with Crippen LogP contribution in [-0.4, -0.2) is 30.0 Å². The van der Waals surface area contributed by atoms with E-state index in [-0.39, 0.29) is 17.7 Å². The van der Waals surface area contributed by atoms with Gasteiger partial charge in [-0.1, -0.05) is 18.2 Å². The fraction of sp³-hybridized carbons (Fsp3) is 0.529. The highest BCUT2D eigenvalue weighted by Gasteiger charge is 2.38. The molecule has 0 spiro atoms. The zero-order valence-electron chi connectivity index (χ0n) is 13.0. The zero-order valence-corrected chi connectivity index (χ0v) is 13.0.